The molecule has 2 aromatic carbocycles. The molecule has 0 unspecified atom stereocenters. The average Bonchev–Trinajstić information content (AvgIpc) is 2.41. The van der Waals surface area contributed by atoms with E-state index >= 15 is 0 Å². The first-order chi connectivity index (χ1) is 10.7. The topological polar surface area (TPSA) is 17.1 Å². The van der Waals surface area contributed by atoms with E-state index in [1.807, 2.05) is 20.8 Å². The van der Waals surface area contributed by atoms with Gasteiger partial charge in [0.25, 0.3) is 0 Å². The molecule has 1 nitrogen and oxygen atoms in total. The molecule has 0 heterocycles. The monoisotopic (exact) mass is 324 g/mol. The van der Waals surface area contributed by atoms with Crippen LogP contribution in [-0.2, 0) is 10.8 Å². The number of carbonyl (C=O) groups excluding carboxylic acids is 1. The van der Waals surface area contributed by atoms with E-state index in [9.17, 15) is 4.79 Å². The Morgan fingerprint density at radius 1 is 0.750 bits per heavy atom. The summed E-state index contributed by atoms with van der Waals surface area (Å²) in [5.41, 5.74) is 2.97. The minimum Gasteiger partial charge on any atom is -0.294 e. The molecule has 0 atom stereocenters. The molecule has 0 amide bonds. The average molecular weight is 325 g/mol. The molecule has 0 fully saturated rings. The van der Waals surface area contributed by atoms with Crippen LogP contribution in [0.3, 0.4) is 0 Å². The Balaban J connectivity index is 2.89. The van der Waals surface area contributed by atoms with Crippen molar-refractivity contribution >= 4 is 16.6 Å². The molecule has 2 rings (SSSR count). The summed E-state index contributed by atoms with van der Waals surface area (Å²) in [4.78, 5) is 13.1. The Morgan fingerprint density at radius 2 is 1.29 bits per heavy atom. The van der Waals surface area contributed by atoms with Crippen LogP contribution in [-0.4, -0.2) is 5.78 Å². The fraction of sp³-hybridized carbons (Fsp3) is 0.522. The lowest BCUT2D eigenvalue weighted by Crippen LogP contribution is -2.25. The van der Waals surface area contributed by atoms with Crippen LogP contribution in [0, 0.1) is 5.41 Å². The van der Waals surface area contributed by atoms with E-state index in [0.29, 0.717) is 0 Å². The number of ketones is 1. The summed E-state index contributed by atoms with van der Waals surface area (Å²) in [7, 11) is 0. The van der Waals surface area contributed by atoms with E-state index in [4.69, 9.17) is 0 Å². The SMILES string of the molecule is CC(C)(C)C(=O)c1cc2cccc(C(C)(C)C)c2cc1C(C)(C)C. The van der Waals surface area contributed by atoms with Gasteiger partial charge >= 0.3 is 0 Å². The second-order valence-electron chi connectivity index (χ2n) is 10.0. The van der Waals surface area contributed by atoms with Gasteiger partial charge in [-0.2, -0.15) is 0 Å². The van der Waals surface area contributed by atoms with Gasteiger partial charge in [-0.3, -0.25) is 4.79 Å². The molecule has 0 aliphatic heterocycles. The van der Waals surface area contributed by atoms with Crippen molar-refractivity contribution in [2.75, 3.05) is 0 Å². The molecule has 0 aliphatic rings. The molecule has 0 saturated heterocycles. The lowest BCUT2D eigenvalue weighted by Gasteiger charge is -2.28. The summed E-state index contributed by atoms with van der Waals surface area (Å²) in [6.45, 7) is 19.3. The highest BCUT2D eigenvalue weighted by atomic mass is 16.1. The third-order valence-electron chi connectivity index (χ3n) is 4.56. The van der Waals surface area contributed by atoms with Crippen molar-refractivity contribution in [2.24, 2.45) is 5.41 Å². The predicted molar refractivity (Wildman–Crippen MR) is 105 cm³/mol. The van der Waals surface area contributed by atoms with Crippen molar-refractivity contribution in [2.45, 2.75) is 73.1 Å². The fourth-order valence-electron chi connectivity index (χ4n) is 3.19. The van der Waals surface area contributed by atoms with Crippen LogP contribution in [0.15, 0.2) is 30.3 Å². The first-order valence-corrected chi connectivity index (χ1v) is 8.85. The van der Waals surface area contributed by atoms with Crippen molar-refractivity contribution < 1.29 is 4.79 Å². The Hall–Kier alpha value is -1.63. The van der Waals surface area contributed by atoms with E-state index in [1.165, 1.54) is 10.9 Å². The number of carbonyl (C=O) groups is 1. The van der Waals surface area contributed by atoms with E-state index < -0.39 is 0 Å². The zero-order chi connectivity index (χ0) is 18.5. The first-order valence-electron chi connectivity index (χ1n) is 8.85. The zero-order valence-electron chi connectivity index (χ0n) is 16.8. The normalized spacial score (nSPS) is 13.4. The van der Waals surface area contributed by atoms with Gasteiger partial charge in [-0.1, -0.05) is 80.5 Å². The number of hydrogen-bond donors (Lipinski definition) is 0. The van der Waals surface area contributed by atoms with Gasteiger partial charge in [-0.25, -0.2) is 0 Å². The van der Waals surface area contributed by atoms with Crippen LogP contribution in [0.4, 0.5) is 0 Å². The zero-order valence-corrected chi connectivity index (χ0v) is 16.8. The maximum Gasteiger partial charge on any atom is 0.168 e. The molecule has 1 heteroatoms. The van der Waals surface area contributed by atoms with Crippen molar-refractivity contribution in [3.8, 4) is 0 Å². The summed E-state index contributed by atoms with van der Waals surface area (Å²) in [6, 6.07) is 10.8. The molecule has 0 N–H and O–H groups in total. The summed E-state index contributed by atoms with van der Waals surface area (Å²) in [6.07, 6.45) is 0. The molecular weight excluding hydrogens is 292 g/mol. The van der Waals surface area contributed by atoms with Gasteiger partial charge in [-0.15, -0.1) is 0 Å². The lowest BCUT2D eigenvalue weighted by molar-refractivity contribution is 0.0856. The van der Waals surface area contributed by atoms with Crippen LogP contribution in [0.1, 0.15) is 83.8 Å². The van der Waals surface area contributed by atoms with Crippen molar-refractivity contribution in [1.82, 2.24) is 0 Å². The molecule has 2 aromatic rings. The molecular formula is C23H32O. The second kappa shape index (κ2) is 5.72. The third kappa shape index (κ3) is 3.55. The van der Waals surface area contributed by atoms with E-state index in [0.717, 1.165) is 16.5 Å². The highest BCUT2D eigenvalue weighted by molar-refractivity contribution is 6.05. The van der Waals surface area contributed by atoms with Gasteiger partial charge in [-0.05, 0) is 44.9 Å². The van der Waals surface area contributed by atoms with Crippen LogP contribution >= 0.6 is 0 Å². The molecule has 0 spiro atoms. The van der Waals surface area contributed by atoms with Gasteiger partial charge in [0.05, 0.1) is 0 Å². The Labute approximate surface area is 147 Å². The number of Topliss-reactive ketones (excluding diaryl/α,β-unsaturated/α-hetero) is 1. The maximum absolute atomic E-state index is 13.1. The Morgan fingerprint density at radius 3 is 1.75 bits per heavy atom. The standard InChI is InChI=1S/C23H32O/c1-21(2,3)18-12-10-11-15-13-17(20(24)23(7,8)9)19(14-16(15)18)22(4,5)6/h10-14H,1-9H3. The quantitative estimate of drug-likeness (QED) is 0.536. The van der Waals surface area contributed by atoms with Crippen molar-refractivity contribution in [3.63, 3.8) is 0 Å². The van der Waals surface area contributed by atoms with E-state index in [-0.39, 0.29) is 22.0 Å². The van der Waals surface area contributed by atoms with Crippen LogP contribution < -0.4 is 0 Å². The van der Waals surface area contributed by atoms with Crippen LogP contribution in [0.2, 0.25) is 0 Å². The Bertz CT molecular complexity index is 775. The first kappa shape index (κ1) is 18.7. The third-order valence-corrected chi connectivity index (χ3v) is 4.56. The highest BCUT2D eigenvalue weighted by Gasteiger charge is 2.30. The van der Waals surface area contributed by atoms with Gasteiger partial charge in [0.2, 0.25) is 0 Å². The smallest absolute Gasteiger partial charge is 0.168 e. The lowest BCUT2D eigenvalue weighted by atomic mass is 9.75. The van der Waals surface area contributed by atoms with Gasteiger partial charge in [0.15, 0.2) is 5.78 Å². The summed E-state index contributed by atoms with van der Waals surface area (Å²) >= 11 is 0. The number of benzene rings is 2. The van der Waals surface area contributed by atoms with Crippen LogP contribution in [0.25, 0.3) is 10.8 Å². The molecule has 0 aliphatic carbocycles. The molecule has 0 radical (unpaired) electrons. The second-order valence-corrected chi connectivity index (χ2v) is 10.0. The van der Waals surface area contributed by atoms with Crippen molar-refractivity contribution in [3.05, 3.63) is 47.0 Å². The Kier molecular flexibility index (Phi) is 4.46. The molecule has 130 valence electrons. The largest absolute Gasteiger partial charge is 0.294 e. The van der Waals surface area contributed by atoms with Gasteiger partial charge in [0.1, 0.15) is 0 Å². The van der Waals surface area contributed by atoms with Gasteiger partial charge < -0.3 is 0 Å². The molecule has 0 aromatic heterocycles. The summed E-state index contributed by atoms with van der Waals surface area (Å²) in [5, 5.41) is 2.42. The minimum absolute atomic E-state index is 0.0736. The number of rotatable bonds is 1. The highest BCUT2D eigenvalue weighted by Crippen LogP contribution is 2.37. The predicted octanol–water partition coefficient (Wildman–Crippen LogP) is 6.66. The summed E-state index contributed by atoms with van der Waals surface area (Å²) < 4.78 is 0. The van der Waals surface area contributed by atoms with Crippen molar-refractivity contribution in [1.29, 1.82) is 0 Å². The minimum atomic E-state index is -0.380. The molecule has 0 saturated carbocycles. The van der Waals surface area contributed by atoms with Gasteiger partial charge in [0, 0.05) is 11.0 Å². The van der Waals surface area contributed by atoms with Crippen LogP contribution in [0.5, 0.6) is 0 Å². The molecule has 24 heavy (non-hydrogen) atoms. The van der Waals surface area contributed by atoms with E-state index in [2.05, 4.69) is 71.9 Å². The fourth-order valence-corrected chi connectivity index (χ4v) is 3.19. The number of hydrogen-bond acceptors (Lipinski definition) is 1. The molecule has 0 bridgehead atoms. The summed E-state index contributed by atoms with van der Waals surface area (Å²) in [5.74, 6) is 0.218. The number of fused-ring (bicyclic) bond motifs is 1. The van der Waals surface area contributed by atoms with E-state index in [1.54, 1.807) is 0 Å². The maximum atomic E-state index is 13.1.